The van der Waals surface area contributed by atoms with Crippen LogP contribution in [-0.4, -0.2) is 36.1 Å². The van der Waals surface area contributed by atoms with Gasteiger partial charge in [0.15, 0.2) is 0 Å². The Morgan fingerprint density at radius 1 is 1.23 bits per heavy atom. The zero-order valence-corrected chi connectivity index (χ0v) is 14.5. The lowest BCUT2D eigenvalue weighted by atomic mass is 9.94. The minimum atomic E-state index is -0.183. The summed E-state index contributed by atoms with van der Waals surface area (Å²) < 4.78 is 5.38. The summed E-state index contributed by atoms with van der Waals surface area (Å²) >= 11 is 0. The third kappa shape index (κ3) is 6.61. The summed E-state index contributed by atoms with van der Waals surface area (Å²) in [7, 11) is 2.10. The van der Waals surface area contributed by atoms with Crippen molar-refractivity contribution >= 4 is 5.97 Å². The molecule has 0 aliphatic carbocycles. The lowest BCUT2D eigenvalue weighted by Gasteiger charge is -2.41. The van der Waals surface area contributed by atoms with Crippen molar-refractivity contribution in [2.24, 2.45) is 0 Å². The molecule has 0 spiro atoms. The molecule has 124 valence electrons. The van der Waals surface area contributed by atoms with E-state index in [4.69, 9.17) is 4.74 Å². The van der Waals surface area contributed by atoms with Gasteiger partial charge in [0.1, 0.15) is 6.10 Å². The number of ether oxygens (including phenoxy) is 1. The zero-order chi connectivity index (χ0) is 16.4. The first-order chi connectivity index (χ1) is 10.6. The first kappa shape index (κ1) is 18.7. The second kappa shape index (κ2) is 10.4. The van der Waals surface area contributed by atoms with Crippen LogP contribution in [0.25, 0.3) is 0 Å². The van der Waals surface area contributed by atoms with E-state index in [0.29, 0.717) is 6.04 Å². The van der Waals surface area contributed by atoms with Gasteiger partial charge in [-0.05, 0) is 33.2 Å². The van der Waals surface area contributed by atoms with Crippen molar-refractivity contribution in [1.29, 1.82) is 0 Å². The molecule has 1 aliphatic heterocycles. The number of likely N-dealkylation sites (tertiary alicyclic amines) is 1. The molecule has 0 bridgehead atoms. The Bertz CT molecular complexity index is 412. The van der Waals surface area contributed by atoms with Crippen LogP contribution in [0.4, 0.5) is 0 Å². The second-order valence-electron chi connectivity index (χ2n) is 6.04. The quantitative estimate of drug-likeness (QED) is 0.400. The van der Waals surface area contributed by atoms with E-state index in [9.17, 15) is 4.79 Å². The fourth-order valence-electron chi connectivity index (χ4n) is 2.76. The lowest BCUT2D eigenvalue weighted by molar-refractivity contribution is -0.152. The van der Waals surface area contributed by atoms with Gasteiger partial charge in [0, 0.05) is 19.0 Å². The molecule has 1 heterocycles. The van der Waals surface area contributed by atoms with Crippen LogP contribution < -0.4 is 0 Å². The van der Waals surface area contributed by atoms with Crippen LogP contribution in [0.1, 0.15) is 52.9 Å². The summed E-state index contributed by atoms with van der Waals surface area (Å²) in [5.41, 5.74) is 0. The molecular weight excluding hydrogens is 274 g/mol. The number of allylic oxidation sites excluding steroid dienone is 5. The lowest BCUT2D eigenvalue weighted by Crippen LogP contribution is -2.50. The summed E-state index contributed by atoms with van der Waals surface area (Å²) in [6, 6.07) is 0.667. The van der Waals surface area contributed by atoms with Crippen molar-refractivity contribution in [2.75, 3.05) is 7.05 Å². The average molecular weight is 305 g/mol. The van der Waals surface area contributed by atoms with Gasteiger partial charge in [0.2, 0.25) is 0 Å². The third-order valence-electron chi connectivity index (χ3n) is 4.29. The van der Waals surface area contributed by atoms with E-state index in [1.54, 1.807) is 0 Å². The monoisotopic (exact) mass is 305 g/mol. The minimum Gasteiger partial charge on any atom is -0.461 e. The highest BCUT2D eigenvalue weighted by Gasteiger charge is 2.32. The maximum absolute atomic E-state index is 11.1. The zero-order valence-electron chi connectivity index (χ0n) is 14.5. The van der Waals surface area contributed by atoms with Gasteiger partial charge in [0.25, 0.3) is 0 Å². The van der Waals surface area contributed by atoms with Crippen molar-refractivity contribution in [2.45, 2.75) is 71.1 Å². The first-order valence-electron chi connectivity index (χ1n) is 8.45. The maximum atomic E-state index is 11.1. The van der Waals surface area contributed by atoms with E-state index in [1.807, 2.05) is 0 Å². The Hall–Kier alpha value is -1.35. The van der Waals surface area contributed by atoms with Gasteiger partial charge in [-0.15, -0.1) is 0 Å². The molecule has 3 nitrogen and oxygen atoms in total. The number of carbonyl (C=O) groups excluding carboxylic acids is 1. The molecule has 1 rings (SSSR count). The molecule has 0 aromatic heterocycles. The molecule has 0 aromatic rings. The third-order valence-corrected chi connectivity index (χ3v) is 4.29. The smallest absolute Gasteiger partial charge is 0.302 e. The number of hydrogen-bond acceptors (Lipinski definition) is 3. The number of carbonyl (C=O) groups is 1. The number of piperidine rings is 1. The van der Waals surface area contributed by atoms with Gasteiger partial charge < -0.3 is 4.74 Å². The van der Waals surface area contributed by atoms with Crippen molar-refractivity contribution in [3.8, 4) is 0 Å². The van der Waals surface area contributed by atoms with Crippen LogP contribution in [0.5, 0.6) is 0 Å². The normalized spacial score (nSPS) is 27.2. The molecule has 0 radical (unpaired) electrons. The number of likely N-dealkylation sites (N-methyl/N-ethyl adjacent to an activating group) is 1. The molecule has 0 N–H and O–H groups in total. The summed E-state index contributed by atoms with van der Waals surface area (Å²) in [4.78, 5) is 13.4. The van der Waals surface area contributed by atoms with Gasteiger partial charge in [-0.3, -0.25) is 9.69 Å². The molecule has 22 heavy (non-hydrogen) atoms. The Labute approximate surface area is 135 Å². The van der Waals surface area contributed by atoms with Crippen molar-refractivity contribution in [3.05, 3.63) is 36.5 Å². The Balaban J connectivity index is 2.40. The van der Waals surface area contributed by atoms with Crippen molar-refractivity contribution in [3.63, 3.8) is 0 Å². The highest BCUT2D eigenvalue weighted by Crippen LogP contribution is 2.24. The van der Waals surface area contributed by atoms with E-state index in [1.165, 1.54) is 19.8 Å². The Morgan fingerprint density at radius 2 is 1.95 bits per heavy atom. The number of rotatable bonds is 7. The number of hydrogen-bond donors (Lipinski definition) is 0. The minimum absolute atomic E-state index is 0.0178. The molecule has 1 saturated heterocycles. The number of unbranched alkanes of at least 4 members (excludes halogenated alkanes) is 2. The molecule has 0 amide bonds. The highest BCUT2D eigenvalue weighted by atomic mass is 16.5. The van der Waals surface area contributed by atoms with Crippen molar-refractivity contribution < 1.29 is 9.53 Å². The molecule has 3 atom stereocenters. The van der Waals surface area contributed by atoms with Crippen molar-refractivity contribution in [1.82, 2.24) is 4.90 Å². The molecule has 0 aromatic carbocycles. The highest BCUT2D eigenvalue weighted by molar-refractivity contribution is 5.66. The van der Waals surface area contributed by atoms with Gasteiger partial charge in [0.05, 0.1) is 0 Å². The largest absolute Gasteiger partial charge is 0.461 e. The van der Waals surface area contributed by atoms with Crippen LogP contribution in [-0.2, 0) is 9.53 Å². The van der Waals surface area contributed by atoms with Crippen LogP contribution in [0.15, 0.2) is 36.5 Å². The Morgan fingerprint density at radius 3 is 2.64 bits per heavy atom. The molecular formula is C19H31NO2. The molecule has 1 fully saturated rings. The standard InChI is InChI=1S/C19H31NO2/c1-5-6-7-8-9-10-11-12-13-18-14-15-19(22-17(3)21)16(2)20(18)4/h8-13,16,18-19H,5-7,14-15H2,1-4H3/b9-8+,11-10+,13-12+/t16-,18+,19+/m0/s1. The average Bonchev–Trinajstić information content (AvgIpc) is 2.48. The van der Waals surface area contributed by atoms with E-state index >= 15 is 0 Å². The summed E-state index contributed by atoms with van der Waals surface area (Å²) in [6.07, 6.45) is 18.5. The van der Waals surface area contributed by atoms with Crippen LogP contribution in [0.2, 0.25) is 0 Å². The predicted molar refractivity (Wildman–Crippen MR) is 92.7 cm³/mol. The predicted octanol–water partition coefficient (Wildman–Crippen LogP) is 4.26. The summed E-state index contributed by atoms with van der Waals surface area (Å²) in [5, 5.41) is 0. The maximum Gasteiger partial charge on any atom is 0.302 e. The molecule has 1 aliphatic rings. The van der Waals surface area contributed by atoms with E-state index in [0.717, 1.165) is 19.3 Å². The van der Waals surface area contributed by atoms with Gasteiger partial charge in [-0.1, -0.05) is 56.2 Å². The van der Waals surface area contributed by atoms with E-state index in [2.05, 4.69) is 62.3 Å². The fourth-order valence-corrected chi connectivity index (χ4v) is 2.76. The van der Waals surface area contributed by atoms with Crippen LogP contribution in [0, 0.1) is 0 Å². The van der Waals surface area contributed by atoms with E-state index in [-0.39, 0.29) is 18.1 Å². The Kier molecular flexibility index (Phi) is 8.83. The number of nitrogens with zero attached hydrogens (tertiary/aromatic N) is 1. The summed E-state index contributed by atoms with van der Waals surface area (Å²) in [5.74, 6) is -0.183. The molecule has 3 heteroatoms. The van der Waals surface area contributed by atoms with Gasteiger partial charge >= 0.3 is 5.97 Å². The number of esters is 1. The topological polar surface area (TPSA) is 29.5 Å². The fraction of sp³-hybridized carbons (Fsp3) is 0.632. The van der Waals surface area contributed by atoms with Crippen LogP contribution in [0.3, 0.4) is 0 Å². The van der Waals surface area contributed by atoms with Gasteiger partial charge in [-0.2, -0.15) is 0 Å². The van der Waals surface area contributed by atoms with Crippen LogP contribution >= 0.6 is 0 Å². The van der Waals surface area contributed by atoms with Gasteiger partial charge in [-0.25, -0.2) is 0 Å². The second-order valence-corrected chi connectivity index (χ2v) is 6.04. The van der Waals surface area contributed by atoms with E-state index < -0.39 is 0 Å². The molecule has 0 unspecified atom stereocenters. The molecule has 0 saturated carbocycles. The SMILES string of the molecule is CCCC/C=C/C=C/C=C/[C@@H]1CC[C@@H](OC(C)=O)[C@H](C)N1C. The first-order valence-corrected chi connectivity index (χ1v) is 8.45. The summed E-state index contributed by atoms with van der Waals surface area (Å²) in [6.45, 7) is 5.82.